The molecule has 0 aromatic rings. The molecule has 4 saturated heterocycles. The molecule has 0 radical (unpaired) electrons. The Bertz CT molecular complexity index is 370. The Morgan fingerprint density at radius 2 is 1.08 bits per heavy atom. The smallest absolute Gasteiger partial charge is 0.204 e. The van der Waals surface area contributed by atoms with Gasteiger partial charge in [-0.15, -0.1) is 0 Å². The average Bonchev–Trinajstić information content (AvgIpc) is 2.70. The molecule has 0 aromatic carbocycles. The summed E-state index contributed by atoms with van der Waals surface area (Å²) in [5, 5.41) is 23.0. The van der Waals surface area contributed by atoms with E-state index in [4.69, 9.17) is 0 Å². The van der Waals surface area contributed by atoms with Gasteiger partial charge in [0.05, 0.1) is 13.3 Å². The largest absolute Gasteiger partial charge is 0.314 e. The Balaban J connectivity index is 1.64. The molecule has 0 atom stereocenters. The molecule has 4 rings (SSSR count). The second-order valence-corrected chi connectivity index (χ2v) is 6.97. The lowest BCUT2D eigenvalue weighted by Gasteiger charge is -2.62. The molecule has 0 unspecified atom stereocenters. The second-order valence-electron chi connectivity index (χ2n) is 6.97. The first kappa shape index (κ1) is 17.1. The molecule has 4 heterocycles. The maximum atomic E-state index is 3.87. The van der Waals surface area contributed by atoms with Crippen LogP contribution in [0.15, 0.2) is 0 Å². The van der Waals surface area contributed by atoms with E-state index in [0.29, 0.717) is 0 Å². The van der Waals surface area contributed by atoms with E-state index in [1.807, 2.05) is 0 Å². The van der Waals surface area contributed by atoms with Gasteiger partial charge in [-0.25, -0.2) is 5.01 Å². The zero-order chi connectivity index (χ0) is 16.2. The summed E-state index contributed by atoms with van der Waals surface area (Å²) in [7, 11) is 0. The molecule has 0 aromatic heterocycles. The minimum absolute atomic E-state index is 0.202. The molecular formula is C15H33N9. The number of rotatable bonds is 3. The number of piperazine rings is 3. The Hall–Kier alpha value is -0.360. The summed E-state index contributed by atoms with van der Waals surface area (Å²) >= 11 is 0. The summed E-state index contributed by atoms with van der Waals surface area (Å²) in [4.78, 5) is 5.30. The zero-order valence-corrected chi connectivity index (χ0v) is 14.7. The molecule has 138 valence electrons. The highest BCUT2D eigenvalue weighted by Gasteiger charge is 2.51. The van der Waals surface area contributed by atoms with Crippen LogP contribution in [0.3, 0.4) is 0 Å². The molecule has 5 N–H and O–H groups in total. The number of nitrogens with zero attached hydrogens (tertiary/aromatic N) is 4. The lowest BCUT2D eigenvalue weighted by molar-refractivity contribution is -0.286. The van der Waals surface area contributed by atoms with Gasteiger partial charge in [-0.2, -0.15) is 5.01 Å². The van der Waals surface area contributed by atoms with E-state index < -0.39 is 0 Å². The lowest BCUT2D eigenvalue weighted by atomic mass is 10.2. The van der Waals surface area contributed by atoms with Crippen LogP contribution in [0.5, 0.6) is 0 Å². The maximum Gasteiger partial charge on any atom is 0.204 e. The Morgan fingerprint density at radius 1 is 0.583 bits per heavy atom. The summed E-state index contributed by atoms with van der Waals surface area (Å²) in [6.45, 7) is 14.6. The first-order chi connectivity index (χ1) is 11.9. The van der Waals surface area contributed by atoms with Crippen molar-refractivity contribution >= 4 is 0 Å². The van der Waals surface area contributed by atoms with E-state index >= 15 is 0 Å². The van der Waals surface area contributed by atoms with Crippen LogP contribution in [0, 0.1) is 0 Å². The third-order valence-corrected chi connectivity index (χ3v) is 5.62. The number of hydrogen-bond acceptors (Lipinski definition) is 9. The maximum absolute atomic E-state index is 3.87. The van der Waals surface area contributed by atoms with Crippen LogP contribution < -0.4 is 26.6 Å². The highest BCUT2D eigenvalue weighted by Crippen LogP contribution is 2.27. The van der Waals surface area contributed by atoms with Gasteiger partial charge in [-0.3, -0.25) is 20.4 Å². The highest BCUT2D eigenvalue weighted by atomic mass is 15.8. The van der Waals surface area contributed by atoms with Crippen LogP contribution in [0.1, 0.15) is 0 Å². The minimum Gasteiger partial charge on any atom is -0.314 e. The van der Waals surface area contributed by atoms with Crippen molar-refractivity contribution in [1.82, 2.24) is 46.4 Å². The van der Waals surface area contributed by atoms with Crippen molar-refractivity contribution in [3.05, 3.63) is 0 Å². The van der Waals surface area contributed by atoms with Crippen LogP contribution in [0.2, 0.25) is 0 Å². The SMILES string of the molecule is C1CN(N2CNCNC2(N2CCNCC2)N2CCNCC2)CCN1. The average molecular weight is 339 g/mol. The molecule has 0 spiro atoms. The molecule has 4 aliphatic rings. The number of nitrogens with one attached hydrogen (secondary N) is 5. The van der Waals surface area contributed by atoms with E-state index in [-0.39, 0.29) is 5.91 Å². The molecule has 9 heteroatoms. The summed E-state index contributed by atoms with van der Waals surface area (Å²) in [6, 6.07) is 0. The molecule has 0 saturated carbocycles. The first-order valence-corrected chi connectivity index (χ1v) is 9.52. The van der Waals surface area contributed by atoms with E-state index in [1.165, 1.54) is 0 Å². The molecule has 0 aliphatic carbocycles. The Morgan fingerprint density at radius 3 is 1.62 bits per heavy atom. The fourth-order valence-corrected chi connectivity index (χ4v) is 4.44. The van der Waals surface area contributed by atoms with Gasteiger partial charge in [0.2, 0.25) is 5.91 Å². The third-order valence-electron chi connectivity index (χ3n) is 5.62. The number of hydrogen-bond donors (Lipinski definition) is 5. The monoisotopic (exact) mass is 339 g/mol. The van der Waals surface area contributed by atoms with Gasteiger partial charge >= 0.3 is 0 Å². The van der Waals surface area contributed by atoms with E-state index in [1.54, 1.807) is 0 Å². The Labute approximate surface area is 145 Å². The van der Waals surface area contributed by atoms with Crippen molar-refractivity contribution in [1.29, 1.82) is 0 Å². The van der Waals surface area contributed by atoms with Gasteiger partial charge in [0, 0.05) is 78.5 Å². The van der Waals surface area contributed by atoms with Crippen LogP contribution in [-0.2, 0) is 0 Å². The van der Waals surface area contributed by atoms with E-state index in [9.17, 15) is 0 Å². The van der Waals surface area contributed by atoms with Gasteiger partial charge in [0.25, 0.3) is 0 Å². The standard InChI is InChI=1S/C15H33N9/c1-7-21(8-2-16-1)15(22-9-3-17-4-10-22)20-13-19-14-24(15)23-11-5-18-6-12-23/h16-20H,1-14H2. The van der Waals surface area contributed by atoms with Gasteiger partial charge in [-0.05, 0) is 0 Å². The summed E-state index contributed by atoms with van der Waals surface area (Å²) in [5.74, 6) is -0.202. The summed E-state index contributed by atoms with van der Waals surface area (Å²) in [5.41, 5.74) is 0. The molecule has 4 aliphatic heterocycles. The minimum atomic E-state index is -0.202. The van der Waals surface area contributed by atoms with E-state index in [2.05, 4.69) is 46.4 Å². The fraction of sp³-hybridized carbons (Fsp3) is 1.00. The van der Waals surface area contributed by atoms with Crippen molar-refractivity contribution < 1.29 is 0 Å². The van der Waals surface area contributed by atoms with Gasteiger partial charge in [0.1, 0.15) is 0 Å². The second kappa shape index (κ2) is 7.90. The third kappa shape index (κ3) is 3.20. The molecule has 0 amide bonds. The lowest BCUT2D eigenvalue weighted by Crippen LogP contribution is -2.86. The van der Waals surface area contributed by atoms with Crippen LogP contribution in [0.25, 0.3) is 0 Å². The first-order valence-electron chi connectivity index (χ1n) is 9.52. The quantitative estimate of drug-likeness (QED) is 0.363. The van der Waals surface area contributed by atoms with Gasteiger partial charge < -0.3 is 16.0 Å². The van der Waals surface area contributed by atoms with Crippen molar-refractivity contribution in [2.75, 3.05) is 91.9 Å². The topological polar surface area (TPSA) is 73.1 Å². The summed E-state index contributed by atoms with van der Waals surface area (Å²) < 4.78 is 0. The fourth-order valence-electron chi connectivity index (χ4n) is 4.44. The van der Waals surface area contributed by atoms with Gasteiger partial charge in [-0.1, -0.05) is 0 Å². The highest BCUT2D eigenvalue weighted by molar-refractivity contribution is 4.94. The normalized spacial score (nSPS) is 32.0. The van der Waals surface area contributed by atoms with Crippen LogP contribution in [0.4, 0.5) is 0 Å². The predicted octanol–water partition coefficient (Wildman–Crippen LogP) is -3.36. The zero-order valence-electron chi connectivity index (χ0n) is 14.7. The molecule has 0 bridgehead atoms. The van der Waals surface area contributed by atoms with E-state index in [0.717, 1.165) is 91.9 Å². The van der Waals surface area contributed by atoms with Crippen molar-refractivity contribution in [2.24, 2.45) is 0 Å². The molecular weight excluding hydrogens is 306 g/mol. The van der Waals surface area contributed by atoms with Crippen molar-refractivity contribution in [3.63, 3.8) is 0 Å². The molecule has 4 fully saturated rings. The van der Waals surface area contributed by atoms with Crippen molar-refractivity contribution in [3.8, 4) is 0 Å². The summed E-state index contributed by atoms with van der Waals surface area (Å²) in [6.07, 6.45) is 0. The molecule has 9 nitrogen and oxygen atoms in total. The predicted molar refractivity (Wildman–Crippen MR) is 93.9 cm³/mol. The van der Waals surface area contributed by atoms with Crippen LogP contribution >= 0.6 is 0 Å². The van der Waals surface area contributed by atoms with Crippen molar-refractivity contribution in [2.45, 2.75) is 5.91 Å². The Kier molecular flexibility index (Phi) is 5.62. The number of hydrazine groups is 1. The van der Waals surface area contributed by atoms with Crippen LogP contribution in [-0.4, -0.2) is 118 Å². The van der Waals surface area contributed by atoms with Gasteiger partial charge in [0.15, 0.2) is 0 Å². The molecule has 24 heavy (non-hydrogen) atoms.